The van der Waals surface area contributed by atoms with Crippen LogP contribution in [0.25, 0.3) is 0 Å². The molecule has 23 heavy (non-hydrogen) atoms. The molecular weight excluding hydrogens is 331 g/mol. The Hall–Kier alpha value is -2.09. The fourth-order valence-corrected chi connectivity index (χ4v) is 2.44. The highest BCUT2D eigenvalue weighted by Crippen LogP contribution is 2.29. The molecule has 122 valence electrons. The second kappa shape index (κ2) is 6.19. The summed E-state index contributed by atoms with van der Waals surface area (Å²) in [5.41, 5.74) is -0.741. The van der Waals surface area contributed by atoms with Crippen molar-refractivity contribution in [3.05, 3.63) is 41.3 Å². The summed E-state index contributed by atoms with van der Waals surface area (Å²) in [7, 11) is 0. The second-order valence-electron chi connectivity index (χ2n) is 5.08. The van der Waals surface area contributed by atoms with Crippen LogP contribution in [0.15, 0.2) is 30.7 Å². The summed E-state index contributed by atoms with van der Waals surface area (Å²) in [6.45, 7) is 2.57. The van der Waals surface area contributed by atoms with Crippen LogP contribution in [0.4, 0.5) is 24.9 Å². The Bertz CT molecular complexity index is 652. The average Bonchev–Trinajstić information content (AvgIpc) is 2.55. The van der Waals surface area contributed by atoms with Gasteiger partial charge < -0.3 is 9.80 Å². The molecule has 2 aromatic rings. The van der Waals surface area contributed by atoms with Crippen LogP contribution in [-0.2, 0) is 6.18 Å². The molecule has 1 aliphatic heterocycles. The molecule has 0 amide bonds. The standard InChI is InChI=1S/C14H13ClF3N5/c15-11-8-20-13(21-9-11)23-5-3-22(4-6-23)12-2-1-10(7-19-12)14(16,17)18/h1-2,7-9H,3-6H2. The number of alkyl halides is 3. The molecule has 0 unspecified atom stereocenters. The topological polar surface area (TPSA) is 45.2 Å². The van der Waals surface area contributed by atoms with Crippen LogP contribution in [0.2, 0.25) is 5.02 Å². The number of anilines is 2. The summed E-state index contributed by atoms with van der Waals surface area (Å²) in [6, 6.07) is 2.45. The van der Waals surface area contributed by atoms with Crippen molar-refractivity contribution >= 4 is 23.4 Å². The summed E-state index contributed by atoms with van der Waals surface area (Å²) in [4.78, 5) is 16.2. The van der Waals surface area contributed by atoms with Crippen molar-refractivity contribution in [1.82, 2.24) is 15.0 Å². The molecule has 3 rings (SSSR count). The number of halogens is 4. The van der Waals surface area contributed by atoms with Crippen molar-refractivity contribution in [3.63, 3.8) is 0 Å². The Labute approximate surface area is 135 Å². The largest absolute Gasteiger partial charge is 0.417 e. The lowest BCUT2D eigenvalue weighted by molar-refractivity contribution is -0.137. The number of nitrogens with zero attached hydrogens (tertiary/aromatic N) is 5. The molecule has 1 fully saturated rings. The van der Waals surface area contributed by atoms with E-state index in [-0.39, 0.29) is 0 Å². The minimum Gasteiger partial charge on any atom is -0.353 e. The molecule has 0 radical (unpaired) electrons. The zero-order chi connectivity index (χ0) is 16.4. The number of aromatic nitrogens is 3. The summed E-state index contributed by atoms with van der Waals surface area (Å²) >= 11 is 5.76. The van der Waals surface area contributed by atoms with Gasteiger partial charge in [0.25, 0.3) is 0 Å². The van der Waals surface area contributed by atoms with Gasteiger partial charge in [-0.3, -0.25) is 0 Å². The van der Waals surface area contributed by atoms with E-state index in [1.165, 1.54) is 18.5 Å². The SMILES string of the molecule is FC(F)(F)c1ccc(N2CCN(c3ncc(Cl)cn3)CC2)nc1. The first-order valence-corrected chi connectivity index (χ1v) is 7.32. The van der Waals surface area contributed by atoms with Gasteiger partial charge >= 0.3 is 6.18 Å². The van der Waals surface area contributed by atoms with E-state index in [1.54, 1.807) is 0 Å². The van der Waals surface area contributed by atoms with Gasteiger partial charge in [0.2, 0.25) is 5.95 Å². The zero-order valence-electron chi connectivity index (χ0n) is 12.0. The molecule has 0 aliphatic carbocycles. The van der Waals surface area contributed by atoms with Gasteiger partial charge in [-0.05, 0) is 12.1 Å². The second-order valence-corrected chi connectivity index (χ2v) is 5.51. The Morgan fingerprint density at radius 1 is 0.870 bits per heavy atom. The minimum absolute atomic E-state index is 0.473. The Morgan fingerprint density at radius 3 is 2.00 bits per heavy atom. The molecule has 0 bridgehead atoms. The zero-order valence-corrected chi connectivity index (χ0v) is 12.7. The summed E-state index contributed by atoms with van der Waals surface area (Å²) in [5.74, 6) is 1.13. The first kappa shape index (κ1) is 15.8. The lowest BCUT2D eigenvalue weighted by atomic mass is 10.2. The number of rotatable bonds is 2. The van der Waals surface area contributed by atoms with E-state index in [0.29, 0.717) is 43.0 Å². The molecule has 1 saturated heterocycles. The van der Waals surface area contributed by atoms with Gasteiger partial charge in [0, 0.05) is 32.4 Å². The molecule has 0 saturated carbocycles. The van der Waals surface area contributed by atoms with Crippen molar-refractivity contribution in [3.8, 4) is 0 Å². The third-order valence-corrected chi connectivity index (χ3v) is 3.76. The number of hydrogen-bond donors (Lipinski definition) is 0. The minimum atomic E-state index is -4.36. The lowest BCUT2D eigenvalue weighted by Gasteiger charge is -2.35. The van der Waals surface area contributed by atoms with E-state index >= 15 is 0 Å². The normalized spacial score (nSPS) is 15.8. The van der Waals surface area contributed by atoms with Crippen LogP contribution >= 0.6 is 11.6 Å². The molecule has 2 aromatic heterocycles. The van der Waals surface area contributed by atoms with Crippen molar-refractivity contribution in [1.29, 1.82) is 0 Å². The highest BCUT2D eigenvalue weighted by atomic mass is 35.5. The van der Waals surface area contributed by atoms with Crippen molar-refractivity contribution in [2.24, 2.45) is 0 Å². The third-order valence-electron chi connectivity index (χ3n) is 3.57. The number of hydrogen-bond acceptors (Lipinski definition) is 5. The first-order valence-electron chi connectivity index (χ1n) is 6.94. The lowest BCUT2D eigenvalue weighted by Crippen LogP contribution is -2.47. The van der Waals surface area contributed by atoms with Crippen LogP contribution in [-0.4, -0.2) is 41.1 Å². The first-order chi connectivity index (χ1) is 10.9. The fourth-order valence-electron chi connectivity index (χ4n) is 2.35. The van der Waals surface area contributed by atoms with Crippen molar-refractivity contribution in [2.45, 2.75) is 6.18 Å². The number of piperazine rings is 1. The maximum Gasteiger partial charge on any atom is 0.417 e. The van der Waals surface area contributed by atoms with Gasteiger partial charge in [-0.15, -0.1) is 0 Å². The Kier molecular flexibility index (Phi) is 4.25. The van der Waals surface area contributed by atoms with Gasteiger partial charge in [-0.1, -0.05) is 11.6 Å². The summed E-state index contributed by atoms with van der Waals surface area (Å²) in [5, 5.41) is 0.473. The smallest absolute Gasteiger partial charge is 0.353 e. The van der Waals surface area contributed by atoms with Gasteiger partial charge in [-0.25, -0.2) is 15.0 Å². The average molecular weight is 344 g/mol. The van der Waals surface area contributed by atoms with Crippen LogP contribution in [0.1, 0.15) is 5.56 Å². The monoisotopic (exact) mass is 343 g/mol. The maximum absolute atomic E-state index is 12.5. The summed E-state index contributed by atoms with van der Waals surface area (Å²) in [6.07, 6.45) is -0.429. The maximum atomic E-state index is 12.5. The van der Waals surface area contributed by atoms with Gasteiger partial charge in [0.1, 0.15) is 5.82 Å². The Balaban J connectivity index is 1.63. The van der Waals surface area contributed by atoms with E-state index in [2.05, 4.69) is 15.0 Å². The molecule has 9 heteroatoms. The highest BCUT2D eigenvalue weighted by molar-refractivity contribution is 6.30. The van der Waals surface area contributed by atoms with Crippen molar-refractivity contribution in [2.75, 3.05) is 36.0 Å². The van der Waals surface area contributed by atoms with Crippen LogP contribution in [0, 0.1) is 0 Å². The van der Waals surface area contributed by atoms with E-state index in [4.69, 9.17) is 11.6 Å². The van der Waals surface area contributed by atoms with Crippen LogP contribution in [0.5, 0.6) is 0 Å². The third kappa shape index (κ3) is 3.64. The highest BCUT2D eigenvalue weighted by Gasteiger charge is 2.31. The molecule has 1 aliphatic rings. The number of pyridine rings is 1. The predicted molar refractivity (Wildman–Crippen MR) is 80.7 cm³/mol. The van der Waals surface area contributed by atoms with E-state index in [0.717, 1.165) is 12.3 Å². The molecule has 3 heterocycles. The predicted octanol–water partition coefficient (Wildman–Crippen LogP) is 2.87. The molecule has 5 nitrogen and oxygen atoms in total. The molecule has 0 N–H and O–H groups in total. The quantitative estimate of drug-likeness (QED) is 0.839. The molecular formula is C14H13ClF3N5. The van der Waals surface area contributed by atoms with Gasteiger partial charge in [0.15, 0.2) is 0 Å². The fraction of sp³-hybridized carbons (Fsp3) is 0.357. The van der Waals surface area contributed by atoms with Gasteiger partial charge in [-0.2, -0.15) is 13.2 Å². The van der Waals surface area contributed by atoms with E-state index < -0.39 is 11.7 Å². The molecule has 0 atom stereocenters. The molecule has 0 aromatic carbocycles. The summed E-state index contributed by atoms with van der Waals surface area (Å²) < 4.78 is 37.6. The van der Waals surface area contributed by atoms with Crippen LogP contribution < -0.4 is 9.80 Å². The Morgan fingerprint density at radius 2 is 1.48 bits per heavy atom. The van der Waals surface area contributed by atoms with Crippen LogP contribution in [0.3, 0.4) is 0 Å². The van der Waals surface area contributed by atoms with E-state index in [1.807, 2.05) is 9.80 Å². The van der Waals surface area contributed by atoms with E-state index in [9.17, 15) is 13.2 Å². The van der Waals surface area contributed by atoms with Gasteiger partial charge in [0.05, 0.1) is 23.0 Å². The molecule has 0 spiro atoms. The van der Waals surface area contributed by atoms with Crippen molar-refractivity contribution < 1.29 is 13.2 Å².